The molecule has 1 amide bonds. The molecule has 0 bridgehead atoms. The molecule has 0 aromatic carbocycles. The van der Waals surface area contributed by atoms with Gasteiger partial charge in [0.1, 0.15) is 0 Å². The van der Waals surface area contributed by atoms with Crippen LogP contribution < -0.4 is 0 Å². The maximum atomic E-state index is 12.0. The highest BCUT2D eigenvalue weighted by atomic mass is 16.5. The Kier molecular flexibility index (Phi) is 5.11. The van der Waals surface area contributed by atoms with Gasteiger partial charge in [-0.2, -0.15) is 5.10 Å². The molecule has 0 radical (unpaired) electrons. The topological polar surface area (TPSA) is 95.5 Å². The maximum Gasteiger partial charge on any atom is 0.305 e. The van der Waals surface area contributed by atoms with Crippen LogP contribution in [0.25, 0.3) is 0 Å². The Hall–Kier alpha value is -1.89. The van der Waals surface area contributed by atoms with Gasteiger partial charge in [-0.3, -0.25) is 14.7 Å². The van der Waals surface area contributed by atoms with Gasteiger partial charge < -0.3 is 14.7 Å². The summed E-state index contributed by atoms with van der Waals surface area (Å²) in [6.45, 7) is 1.55. The molecule has 7 nitrogen and oxygen atoms in total. The highest BCUT2D eigenvalue weighted by Crippen LogP contribution is 2.15. The van der Waals surface area contributed by atoms with Gasteiger partial charge in [-0.05, 0) is 18.9 Å². The quantitative estimate of drug-likeness (QED) is 0.788. The first kappa shape index (κ1) is 14.5. The molecule has 0 atom stereocenters. The molecule has 7 heteroatoms. The SMILES string of the molecule is O=C(O)CCOC1CCN(C(=O)Cc2ccn[nH]2)CC1. The van der Waals surface area contributed by atoms with E-state index in [9.17, 15) is 9.59 Å². The number of rotatable bonds is 6. The number of piperidine rings is 1. The van der Waals surface area contributed by atoms with E-state index in [1.807, 2.05) is 4.90 Å². The number of ether oxygens (including phenoxy) is 1. The molecule has 0 saturated carbocycles. The van der Waals surface area contributed by atoms with Crippen molar-refractivity contribution in [2.75, 3.05) is 19.7 Å². The van der Waals surface area contributed by atoms with Crippen molar-refractivity contribution in [3.8, 4) is 0 Å². The number of carbonyl (C=O) groups is 2. The van der Waals surface area contributed by atoms with Crippen LogP contribution in [0.3, 0.4) is 0 Å². The molecular formula is C13H19N3O4. The summed E-state index contributed by atoms with van der Waals surface area (Å²) in [7, 11) is 0. The van der Waals surface area contributed by atoms with Gasteiger partial charge in [0.05, 0.1) is 25.6 Å². The van der Waals surface area contributed by atoms with Gasteiger partial charge in [0.2, 0.25) is 5.91 Å². The minimum Gasteiger partial charge on any atom is -0.481 e. The predicted molar refractivity (Wildman–Crippen MR) is 70.1 cm³/mol. The smallest absolute Gasteiger partial charge is 0.305 e. The van der Waals surface area contributed by atoms with Crippen LogP contribution in [0.2, 0.25) is 0 Å². The van der Waals surface area contributed by atoms with E-state index in [0.717, 1.165) is 18.5 Å². The molecule has 110 valence electrons. The van der Waals surface area contributed by atoms with E-state index in [2.05, 4.69) is 10.2 Å². The van der Waals surface area contributed by atoms with E-state index in [-0.39, 0.29) is 25.0 Å². The minimum absolute atomic E-state index is 0.0268. The van der Waals surface area contributed by atoms with E-state index in [0.29, 0.717) is 19.5 Å². The Balaban J connectivity index is 1.68. The largest absolute Gasteiger partial charge is 0.481 e. The van der Waals surface area contributed by atoms with Crippen LogP contribution in [0.5, 0.6) is 0 Å². The summed E-state index contributed by atoms with van der Waals surface area (Å²) in [5.74, 6) is -0.768. The highest BCUT2D eigenvalue weighted by molar-refractivity contribution is 5.78. The first-order valence-corrected chi connectivity index (χ1v) is 6.74. The number of aliphatic carboxylic acids is 1. The van der Waals surface area contributed by atoms with E-state index in [4.69, 9.17) is 9.84 Å². The highest BCUT2D eigenvalue weighted by Gasteiger charge is 2.23. The Morgan fingerprint density at radius 1 is 1.45 bits per heavy atom. The molecule has 1 aromatic rings. The Bertz CT molecular complexity index is 438. The molecule has 0 aliphatic carbocycles. The molecule has 1 fully saturated rings. The summed E-state index contributed by atoms with van der Waals surface area (Å²) in [6.07, 6.45) is 3.57. The first-order valence-electron chi connectivity index (χ1n) is 6.74. The van der Waals surface area contributed by atoms with Crippen molar-refractivity contribution in [3.05, 3.63) is 18.0 Å². The Morgan fingerprint density at radius 2 is 2.20 bits per heavy atom. The van der Waals surface area contributed by atoms with Crippen LogP contribution in [0.1, 0.15) is 25.0 Å². The lowest BCUT2D eigenvalue weighted by molar-refractivity contribution is -0.139. The molecule has 1 saturated heterocycles. The van der Waals surface area contributed by atoms with Crippen molar-refractivity contribution in [2.45, 2.75) is 31.8 Å². The second-order valence-corrected chi connectivity index (χ2v) is 4.85. The van der Waals surface area contributed by atoms with Gasteiger partial charge in [-0.15, -0.1) is 0 Å². The zero-order valence-electron chi connectivity index (χ0n) is 11.2. The maximum absolute atomic E-state index is 12.0. The van der Waals surface area contributed by atoms with E-state index < -0.39 is 5.97 Å². The number of nitrogens with one attached hydrogen (secondary N) is 1. The van der Waals surface area contributed by atoms with Gasteiger partial charge in [-0.25, -0.2) is 0 Å². The first-order chi connectivity index (χ1) is 9.65. The number of aromatic amines is 1. The van der Waals surface area contributed by atoms with Crippen LogP contribution in [0.4, 0.5) is 0 Å². The average Bonchev–Trinajstić information content (AvgIpc) is 2.92. The summed E-state index contributed by atoms with van der Waals surface area (Å²) < 4.78 is 5.49. The number of amides is 1. The number of nitrogens with zero attached hydrogens (tertiary/aromatic N) is 2. The van der Waals surface area contributed by atoms with Crippen LogP contribution in [0, 0.1) is 0 Å². The zero-order chi connectivity index (χ0) is 14.4. The molecule has 2 heterocycles. The van der Waals surface area contributed by atoms with Crippen molar-refractivity contribution < 1.29 is 19.4 Å². The summed E-state index contributed by atoms with van der Waals surface area (Å²) in [5, 5.41) is 15.1. The Morgan fingerprint density at radius 3 is 2.80 bits per heavy atom. The number of likely N-dealkylation sites (tertiary alicyclic amines) is 1. The lowest BCUT2D eigenvalue weighted by atomic mass is 10.1. The third kappa shape index (κ3) is 4.34. The summed E-state index contributed by atoms with van der Waals surface area (Å²) in [5.41, 5.74) is 0.815. The van der Waals surface area contributed by atoms with Crippen molar-refractivity contribution >= 4 is 11.9 Å². The van der Waals surface area contributed by atoms with Crippen LogP contribution in [-0.2, 0) is 20.7 Å². The third-order valence-corrected chi connectivity index (χ3v) is 3.36. The molecule has 1 aliphatic rings. The number of hydrogen-bond donors (Lipinski definition) is 2. The predicted octanol–water partition coefficient (Wildman–Crippen LogP) is 0.434. The van der Waals surface area contributed by atoms with Crippen molar-refractivity contribution in [3.63, 3.8) is 0 Å². The zero-order valence-corrected chi connectivity index (χ0v) is 11.2. The lowest BCUT2D eigenvalue weighted by Gasteiger charge is -2.31. The monoisotopic (exact) mass is 281 g/mol. The van der Waals surface area contributed by atoms with Gasteiger partial charge in [0.25, 0.3) is 0 Å². The molecule has 0 unspecified atom stereocenters. The van der Waals surface area contributed by atoms with Crippen molar-refractivity contribution in [1.29, 1.82) is 0 Å². The molecule has 1 aliphatic heterocycles. The fourth-order valence-electron chi connectivity index (χ4n) is 2.24. The second kappa shape index (κ2) is 7.04. The number of carbonyl (C=O) groups excluding carboxylic acids is 1. The fourth-order valence-corrected chi connectivity index (χ4v) is 2.24. The van der Waals surface area contributed by atoms with Crippen LogP contribution in [-0.4, -0.2) is 57.9 Å². The normalized spacial score (nSPS) is 16.3. The number of aromatic nitrogens is 2. The molecule has 2 N–H and O–H groups in total. The standard InChI is InChI=1S/C13H19N3O4/c17-12(9-10-1-5-14-15-10)16-6-2-11(3-7-16)20-8-4-13(18)19/h1,5,11H,2-4,6-9H2,(H,14,15)(H,18,19). The molecule has 2 rings (SSSR count). The van der Waals surface area contributed by atoms with E-state index >= 15 is 0 Å². The average molecular weight is 281 g/mol. The second-order valence-electron chi connectivity index (χ2n) is 4.85. The van der Waals surface area contributed by atoms with Gasteiger partial charge in [0, 0.05) is 25.0 Å². The molecule has 20 heavy (non-hydrogen) atoms. The Labute approximate surface area is 116 Å². The van der Waals surface area contributed by atoms with Gasteiger partial charge >= 0.3 is 5.97 Å². The number of carboxylic acids is 1. The van der Waals surface area contributed by atoms with Gasteiger partial charge in [-0.1, -0.05) is 0 Å². The van der Waals surface area contributed by atoms with Crippen LogP contribution >= 0.6 is 0 Å². The van der Waals surface area contributed by atoms with Crippen molar-refractivity contribution in [2.24, 2.45) is 0 Å². The summed E-state index contributed by atoms with van der Waals surface area (Å²) >= 11 is 0. The molecular weight excluding hydrogens is 262 g/mol. The van der Waals surface area contributed by atoms with Crippen LogP contribution in [0.15, 0.2) is 12.3 Å². The fraction of sp³-hybridized carbons (Fsp3) is 0.615. The minimum atomic E-state index is -0.850. The number of carboxylic acid groups (broad SMARTS) is 1. The summed E-state index contributed by atoms with van der Waals surface area (Å²) in [4.78, 5) is 24.2. The van der Waals surface area contributed by atoms with Gasteiger partial charge in [0.15, 0.2) is 0 Å². The van der Waals surface area contributed by atoms with E-state index in [1.165, 1.54) is 0 Å². The molecule has 1 aromatic heterocycles. The lowest BCUT2D eigenvalue weighted by Crippen LogP contribution is -2.41. The number of hydrogen-bond acceptors (Lipinski definition) is 4. The van der Waals surface area contributed by atoms with Crippen molar-refractivity contribution in [1.82, 2.24) is 15.1 Å². The summed E-state index contributed by atoms with van der Waals surface area (Å²) in [6, 6.07) is 1.79. The number of H-pyrrole nitrogens is 1. The third-order valence-electron chi connectivity index (χ3n) is 3.36. The van der Waals surface area contributed by atoms with E-state index in [1.54, 1.807) is 12.3 Å². The molecule has 0 spiro atoms.